The smallest absolute Gasteiger partial charge is 0.137 e. The molecule has 0 fully saturated rings. The van der Waals surface area contributed by atoms with Crippen LogP contribution in [0.15, 0.2) is 67.5 Å². The Balaban J connectivity index is 1.68. The first-order valence-electron chi connectivity index (χ1n) is 8.20. The van der Waals surface area contributed by atoms with E-state index in [-0.39, 0.29) is 6.10 Å². The van der Waals surface area contributed by atoms with Crippen molar-refractivity contribution in [1.82, 2.24) is 19.4 Å². The second-order valence-electron chi connectivity index (χ2n) is 6.11. The highest BCUT2D eigenvalue weighted by atomic mass is 16.5. The molecule has 0 spiro atoms. The topological polar surface area (TPSA) is 52.3 Å². The van der Waals surface area contributed by atoms with Crippen LogP contribution in [0.5, 0.6) is 5.75 Å². The molecule has 0 aliphatic carbocycles. The van der Waals surface area contributed by atoms with Gasteiger partial charge in [0.25, 0.3) is 0 Å². The van der Waals surface area contributed by atoms with Crippen LogP contribution >= 0.6 is 0 Å². The Morgan fingerprint density at radius 2 is 1.64 bits per heavy atom. The summed E-state index contributed by atoms with van der Waals surface area (Å²) in [4.78, 5) is 12.7. The van der Waals surface area contributed by atoms with Gasteiger partial charge in [-0.15, -0.1) is 0 Å². The van der Waals surface area contributed by atoms with E-state index < -0.39 is 0 Å². The summed E-state index contributed by atoms with van der Waals surface area (Å²) in [5.74, 6) is 0.881. The van der Waals surface area contributed by atoms with E-state index in [1.807, 2.05) is 42.8 Å². The van der Waals surface area contributed by atoms with Crippen LogP contribution in [0.25, 0.3) is 28.0 Å². The molecule has 3 aromatic heterocycles. The van der Waals surface area contributed by atoms with Gasteiger partial charge >= 0.3 is 0 Å². The van der Waals surface area contributed by atoms with Gasteiger partial charge < -0.3 is 4.74 Å². The molecule has 0 unspecified atom stereocenters. The van der Waals surface area contributed by atoms with Crippen molar-refractivity contribution in [1.29, 1.82) is 0 Å². The van der Waals surface area contributed by atoms with Gasteiger partial charge in [0.15, 0.2) is 0 Å². The lowest BCUT2D eigenvalue weighted by atomic mass is 10.1. The Morgan fingerprint density at radius 3 is 2.36 bits per heavy atom. The SMILES string of the molecule is CC(C)Oc1ccc(-c2ccn3c(-c4cncnc4)cnc3c2)cc1. The highest BCUT2D eigenvalue weighted by molar-refractivity contribution is 5.70. The van der Waals surface area contributed by atoms with Crippen molar-refractivity contribution in [3.05, 3.63) is 67.5 Å². The molecule has 4 aromatic rings. The zero-order valence-electron chi connectivity index (χ0n) is 14.1. The predicted molar refractivity (Wildman–Crippen MR) is 97.4 cm³/mol. The summed E-state index contributed by atoms with van der Waals surface area (Å²) in [7, 11) is 0. The molecule has 4 rings (SSSR count). The molecule has 5 nitrogen and oxygen atoms in total. The summed E-state index contributed by atoms with van der Waals surface area (Å²) < 4.78 is 7.74. The molecule has 0 radical (unpaired) electrons. The number of hydrogen-bond donors (Lipinski definition) is 0. The Morgan fingerprint density at radius 1 is 0.880 bits per heavy atom. The summed E-state index contributed by atoms with van der Waals surface area (Å²) in [6, 6.07) is 12.3. The molecule has 0 bridgehead atoms. The first-order valence-corrected chi connectivity index (χ1v) is 8.20. The normalized spacial score (nSPS) is 11.2. The molecule has 0 atom stereocenters. The van der Waals surface area contributed by atoms with E-state index in [4.69, 9.17) is 4.74 Å². The average Bonchev–Trinajstić information content (AvgIpc) is 3.06. The third kappa shape index (κ3) is 3.08. The fraction of sp³-hybridized carbons (Fsp3) is 0.150. The number of aromatic nitrogens is 4. The van der Waals surface area contributed by atoms with Crippen molar-refractivity contribution in [2.75, 3.05) is 0 Å². The van der Waals surface area contributed by atoms with E-state index in [9.17, 15) is 0 Å². The Kier molecular flexibility index (Phi) is 3.90. The fourth-order valence-corrected chi connectivity index (χ4v) is 2.80. The number of imidazole rings is 1. The predicted octanol–water partition coefficient (Wildman–Crippen LogP) is 4.25. The lowest BCUT2D eigenvalue weighted by Crippen LogP contribution is -2.05. The summed E-state index contributed by atoms with van der Waals surface area (Å²) in [6.07, 6.45) is 9.15. The van der Waals surface area contributed by atoms with Crippen LogP contribution in [0.3, 0.4) is 0 Å². The Hall–Kier alpha value is -3.21. The quantitative estimate of drug-likeness (QED) is 0.561. The van der Waals surface area contributed by atoms with Crippen LogP contribution in [0.1, 0.15) is 13.8 Å². The molecule has 5 heteroatoms. The van der Waals surface area contributed by atoms with Gasteiger partial charge in [-0.2, -0.15) is 0 Å². The molecule has 0 aliphatic heterocycles. The van der Waals surface area contributed by atoms with E-state index in [1.54, 1.807) is 12.4 Å². The van der Waals surface area contributed by atoms with Crippen molar-refractivity contribution < 1.29 is 4.74 Å². The third-order valence-electron chi connectivity index (χ3n) is 3.93. The molecule has 0 saturated carbocycles. The van der Waals surface area contributed by atoms with Gasteiger partial charge in [0.05, 0.1) is 18.0 Å². The van der Waals surface area contributed by atoms with Crippen molar-refractivity contribution in [2.45, 2.75) is 20.0 Å². The van der Waals surface area contributed by atoms with E-state index >= 15 is 0 Å². The molecule has 0 saturated heterocycles. The first-order chi connectivity index (χ1) is 12.2. The Bertz CT molecular complexity index is 991. The summed E-state index contributed by atoms with van der Waals surface area (Å²) >= 11 is 0. The minimum absolute atomic E-state index is 0.174. The van der Waals surface area contributed by atoms with Crippen LogP contribution in [-0.2, 0) is 0 Å². The van der Waals surface area contributed by atoms with E-state index in [0.29, 0.717) is 0 Å². The zero-order valence-corrected chi connectivity index (χ0v) is 14.1. The molecule has 25 heavy (non-hydrogen) atoms. The molecule has 0 aliphatic rings. The fourth-order valence-electron chi connectivity index (χ4n) is 2.80. The molecule has 1 aromatic carbocycles. The highest BCUT2D eigenvalue weighted by Gasteiger charge is 2.08. The van der Waals surface area contributed by atoms with Gasteiger partial charge in [-0.3, -0.25) is 4.40 Å². The molecular weight excluding hydrogens is 312 g/mol. The first kappa shape index (κ1) is 15.3. The highest BCUT2D eigenvalue weighted by Crippen LogP contribution is 2.26. The maximum absolute atomic E-state index is 5.70. The number of hydrogen-bond acceptors (Lipinski definition) is 4. The third-order valence-corrected chi connectivity index (χ3v) is 3.93. The van der Waals surface area contributed by atoms with E-state index in [1.165, 1.54) is 6.33 Å². The van der Waals surface area contributed by atoms with Crippen LogP contribution in [0, 0.1) is 0 Å². The van der Waals surface area contributed by atoms with Gasteiger partial charge in [-0.25, -0.2) is 15.0 Å². The lowest BCUT2D eigenvalue weighted by Gasteiger charge is -2.10. The molecule has 0 amide bonds. The maximum Gasteiger partial charge on any atom is 0.137 e. The number of pyridine rings is 1. The second kappa shape index (κ2) is 6.36. The van der Waals surface area contributed by atoms with Crippen LogP contribution in [0.2, 0.25) is 0 Å². The van der Waals surface area contributed by atoms with E-state index in [0.717, 1.165) is 33.8 Å². The van der Waals surface area contributed by atoms with Gasteiger partial charge in [-0.1, -0.05) is 12.1 Å². The van der Waals surface area contributed by atoms with Gasteiger partial charge in [0.2, 0.25) is 0 Å². The van der Waals surface area contributed by atoms with Crippen LogP contribution in [-0.4, -0.2) is 25.5 Å². The molecule has 3 heterocycles. The van der Waals surface area contributed by atoms with Gasteiger partial charge in [0, 0.05) is 24.2 Å². The van der Waals surface area contributed by atoms with Crippen molar-refractivity contribution in [3.8, 4) is 28.1 Å². The molecule has 124 valence electrons. The minimum atomic E-state index is 0.174. The largest absolute Gasteiger partial charge is 0.491 e. The van der Waals surface area contributed by atoms with Crippen LogP contribution < -0.4 is 4.74 Å². The summed E-state index contributed by atoms with van der Waals surface area (Å²) in [5.41, 5.74) is 5.05. The van der Waals surface area contributed by atoms with Crippen molar-refractivity contribution in [3.63, 3.8) is 0 Å². The lowest BCUT2D eigenvalue weighted by molar-refractivity contribution is 0.242. The van der Waals surface area contributed by atoms with Crippen molar-refractivity contribution in [2.24, 2.45) is 0 Å². The number of rotatable bonds is 4. The summed E-state index contributed by atoms with van der Waals surface area (Å²) in [6.45, 7) is 4.05. The monoisotopic (exact) mass is 330 g/mol. The van der Waals surface area contributed by atoms with Gasteiger partial charge in [-0.05, 0) is 49.2 Å². The number of ether oxygens (including phenoxy) is 1. The number of nitrogens with zero attached hydrogens (tertiary/aromatic N) is 4. The minimum Gasteiger partial charge on any atom is -0.491 e. The maximum atomic E-state index is 5.70. The molecular formula is C20H18N4O. The van der Waals surface area contributed by atoms with Crippen molar-refractivity contribution >= 4 is 5.65 Å². The van der Waals surface area contributed by atoms with Crippen LogP contribution in [0.4, 0.5) is 0 Å². The Labute approximate surface area is 146 Å². The van der Waals surface area contributed by atoms with E-state index in [2.05, 4.69) is 39.2 Å². The average molecular weight is 330 g/mol. The molecule has 0 N–H and O–H groups in total. The summed E-state index contributed by atoms with van der Waals surface area (Å²) in [5, 5.41) is 0. The number of benzene rings is 1. The standard InChI is InChI=1S/C20H18N4O/c1-14(2)25-18-5-3-15(4-6-18)16-7-8-24-19(12-23-20(24)9-16)17-10-21-13-22-11-17/h3-14H,1-2H3. The number of fused-ring (bicyclic) bond motifs is 1. The zero-order chi connectivity index (χ0) is 17.2. The second-order valence-corrected chi connectivity index (χ2v) is 6.11. The van der Waals surface area contributed by atoms with Gasteiger partial charge in [0.1, 0.15) is 17.7 Å².